The van der Waals surface area contributed by atoms with Crippen LogP contribution >= 0.6 is 22.9 Å². The van der Waals surface area contributed by atoms with E-state index in [0.29, 0.717) is 21.4 Å². The van der Waals surface area contributed by atoms with E-state index in [2.05, 4.69) is 20.8 Å². The molecule has 1 heterocycles. The molecule has 3 aromatic rings. The molecule has 0 spiro atoms. The van der Waals surface area contributed by atoms with Crippen molar-refractivity contribution in [3.05, 3.63) is 75.8 Å². The minimum Gasteiger partial charge on any atom is -0.322 e. The van der Waals surface area contributed by atoms with Gasteiger partial charge in [-0.2, -0.15) is 0 Å². The van der Waals surface area contributed by atoms with Crippen molar-refractivity contribution in [3.8, 4) is 0 Å². The molecule has 0 atom stereocenters. The van der Waals surface area contributed by atoms with Crippen LogP contribution in [0.5, 0.6) is 0 Å². The molecule has 0 saturated carbocycles. The minimum absolute atomic E-state index is 0.329. The van der Waals surface area contributed by atoms with Crippen LogP contribution in [-0.2, 0) is 11.2 Å². The zero-order valence-corrected chi connectivity index (χ0v) is 16.6. The number of carbonyl (C=O) groups is 2. The number of anilines is 2. The lowest BCUT2D eigenvalue weighted by Gasteiger charge is -2.09. The largest absolute Gasteiger partial charge is 0.322 e. The SMILES string of the molecule is CCc1nnc(NC(=O)c2ccccc2NC(=O)/C=C/c2ccccc2Cl)s1. The molecular weight excluding hydrogens is 396 g/mol. The van der Waals surface area contributed by atoms with Gasteiger partial charge in [0.15, 0.2) is 0 Å². The molecule has 3 rings (SSSR count). The van der Waals surface area contributed by atoms with Gasteiger partial charge in [0.25, 0.3) is 5.91 Å². The second-order valence-corrected chi connectivity index (χ2v) is 7.17. The van der Waals surface area contributed by atoms with Crippen LogP contribution in [0.4, 0.5) is 10.8 Å². The van der Waals surface area contributed by atoms with Crippen molar-refractivity contribution < 1.29 is 9.59 Å². The van der Waals surface area contributed by atoms with E-state index in [1.54, 1.807) is 42.5 Å². The van der Waals surface area contributed by atoms with E-state index < -0.39 is 0 Å². The maximum atomic E-state index is 12.6. The maximum absolute atomic E-state index is 12.6. The van der Waals surface area contributed by atoms with Crippen molar-refractivity contribution in [2.45, 2.75) is 13.3 Å². The number of aryl methyl sites for hydroxylation is 1. The highest BCUT2D eigenvalue weighted by atomic mass is 35.5. The first-order valence-electron chi connectivity index (χ1n) is 8.53. The molecular formula is C20H17ClN4O2S. The number of halogens is 1. The zero-order chi connectivity index (χ0) is 19.9. The molecule has 2 N–H and O–H groups in total. The number of nitrogens with zero attached hydrogens (tertiary/aromatic N) is 2. The summed E-state index contributed by atoms with van der Waals surface area (Å²) >= 11 is 7.40. The number of hydrogen-bond donors (Lipinski definition) is 2. The molecule has 0 bridgehead atoms. The summed E-state index contributed by atoms with van der Waals surface area (Å²) < 4.78 is 0. The molecule has 1 aromatic heterocycles. The molecule has 0 aliphatic rings. The second-order valence-electron chi connectivity index (χ2n) is 5.70. The monoisotopic (exact) mass is 412 g/mol. The first-order valence-corrected chi connectivity index (χ1v) is 9.72. The number of hydrogen-bond acceptors (Lipinski definition) is 5. The van der Waals surface area contributed by atoms with Gasteiger partial charge >= 0.3 is 0 Å². The zero-order valence-electron chi connectivity index (χ0n) is 15.0. The minimum atomic E-state index is -0.371. The number of para-hydroxylation sites is 1. The number of benzene rings is 2. The molecule has 6 nitrogen and oxygen atoms in total. The first kappa shape index (κ1) is 19.7. The number of nitrogens with one attached hydrogen (secondary N) is 2. The van der Waals surface area contributed by atoms with Gasteiger partial charge in [-0.3, -0.25) is 14.9 Å². The van der Waals surface area contributed by atoms with Crippen molar-refractivity contribution in [2.24, 2.45) is 0 Å². The Morgan fingerprint density at radius 3 is 2.57 bits per heavy atom. The van der Waals surface area contributed by atoms with E-state index in [4.69, 9.17) is 11.6 Å². The lowest BCUT2D eigenvalue weighted by Crippen LogP contribution is -2.17. The molecule has 0 aliphatic heterocycles. The third kappa shape index (κ3) is 5.03. The van der Waals surface area contributed by atoms with E-state index in [1.807, 2.05) is 19.1 Å². The van der Waals surface area contributed by atoms with E-state index in [0.717, 1.165) is 17.0 Å². The van der Waals surface area contributed by atoms with Gasteiger partial charge < -0.3 is 5.32 Å². The average molecular weight is 413 g/mol. The summed E-state index contributed by atoms with van der Waals surface area (Å²) in [4.78, 5) is 24.9. The third-order valence-electron chi connectivity index (χ3n) is 3.74. The lowest BCUT2D eigenvalue weighted by molar-refractivity contribution is -0.111. The van der Waals surface area contributed by atoms with Crippen LogP contribution in [-0.4, -0.2) is 22.0 Å². The summed E-state index contributed by atoms with van der Waals surface area (Å²) in [5.74, 6) is -0.742. The van der Waals surface area contributed by atoms with Gasteiger partial charge in [0.05, 0.1) is 11.3 Å². The van der Waals surface area contributed by atoms with E-state index in [-0.39, 0.29) is 11.8 Å². The quantitative estimate of drug-likeness (QED) is 0.577. The Morgan fingerprint density at radius 1 is 1.07 bits per heavy atom. The van der Waals surface area contributed by atoms with Crippen LogP contribution in [0.15, 0.2) is 54.6 Å². The molecule has 2 amide bonds. The maximum Gasteiger partial charge on any atom is 0.259 e. The fraction of sp³-hybridized carbons (Fsp3) is 0.100. The Balaban J connectivity index is 1.71. The lowest BCUT2D eigenvalue weighted by atomic mass is 10.1. The molecule has 0 aliphatic carbocycles. The van der Waals surface area contributed by atoms with Crippen molar-refractivity contribution >= 4 is 51.6 Å². The van der Waals surface area contributed by atoms with Gasteiger partial charge in [0.2, 0.25) is 11.0 Å². The van der Waals surface area contributed by atoms with Crippen LogP contribution in [0.2, 0.25) is 5.02 Å². The standard InChI is InChI=1S/C20H17ClN4O2S/c1-2-18-24-25-20(28-18)23-19(27)14-8-4-6-10-16(14)22-17(26)12-11-13-7-3-5-9-15(13)21/h3-12H,2H2,1H3,(H,22,26)(H,23,25,27)/b12-11+. The second kappa shape index (κ2) is 9.25. The van der Waals surface area contributed by atoms with Gasteiger partial charge in [-0.1, -0.05) is 60.2 Å². The molecule has 0 radical (unpaired) electrons. The highest BCUT2D eigenvalue weighted by Gasteiger charge is 2.14. The molecule has 0 fully saturated rings. The Labute approximate surface area is 171 Å². The summed E-state index contributed by atoms with van der Waals surface area (Å²) in [5.41, 5.74) is 1.46. The number of rotatable bonds is 6. The Bertz CT molecular complexity index is 1030. The highest BCUT2D eigenvalue weighted by molar-refractivity contribution is 7.15. The Kier molecular flexibility index (Phi) is 6.52. The Morgan fingerprint density at radius 2 is 1.82 bits per heavy atom. The van der Waals surface area contributed by atoms with Crippen LogP contribution in [0.3, 0.4) is 0 Å². The molecule has 8 heteroatoms. The summed E-state index contributed by atoms with van der Waals surface area (Å²) in [7, 11) is 0. The number of carbonyl (C=O) groups excluding carboxylic acids is 2. The van der Waals surface area contributed by atoms with Crippen LogP contribution < -0.4 is 10.6 Å². The molecule has 2 aromatic carbocycles. The van der Waals surface area contributed by atoms with Crippen molar-refractivity contribution in [3.63, 3.8) is 0 Å². The predicted molar refractivity (Wildman–Crippen MR) is 113 cm³/mol. The van der Waals surface area contributed by atoms with Gasteiger partial charge in [-0.25, -0.2) is 0 Å². The van der Waals surface area contributed by atoms with Gasteiger partial charge in [-0.05, 0) is 36.3 Å². The van der Waals surface area contributed by atoms with Crippen molar-refractivity contribution in [1.82, 2.24) is 10.2 Å². The van der Waals surface area contributed by atoms with Gasteiger partial charge in [0.1, 0.15) is 5.01 Å². The normalized spacial score (nSPS) is 10.8. The predicted octanol–water partition coefficient (Wildman–Crippen LogP) is 4.66. The van der Waals surface area contributed by atoms with Crippen LogP contribution in [0, 0.1) is 0 Å². The Hall–Kier alpha value is -3.03. The summed E-state index contributed by atoms with van der Waals surface area (Å²) in [6, 6.07) is 14.0. The first-order chi connectivity index (χ1) is 13.6. The van der Waals surface area contributed by atoms with Crippen LogP contribution in [0.25, 0.3) is 6.08 Å². The van der Waals surface area contributed by atoms with Gasteiger partial charge in [0, 0.05) is 11.1 Å². The third-order valence-corrected chi connectivity index (χ3v) is 5.07. The average Bonchev–Trinajstić information content (AvgIpc) is 3.15. The highest BCUT2D eigenvalue weighted by Crippen LogP contribution is 2.20. The summed E-state index contributed by atoms with van der Waals surface area (Å²) in [6.45, 7) is 1.97. The van der Waals surface area contributed by atoms with E-state index in [9.17, 15) is 9.59 Å². The van der Waals surface area contributed by atoms with Crippen LogP contribution in [0.1, 0.15) is 27.9 Å². The van der Waals surface area contributed by atoms with Gasteiger partial charge in [-0.15, -0.1) is 10.2 Å². The fourth-order valence-electron chi connectivity index (χ4n) is 2.35. The number of amides is 2. The molecule has 0 unspecified atom stereocenters. The topological polar surface area (TPSA) is 84.0 Å². The van der Waals surface area contributed by atoms with E-state index in [1.165, 1.54) is 17.4 Å². The summed E-state index contributed by atoms with van der Waals surface area (Å²) in [5, 5.41) is 15.2. The van der Waals surface area contributed by atoms with E-state index >= 15 is 0 Å². The number of aromatic nitrogens is 2. The summed E-state index contributed by atoms with van der Waals surface area (Å²) in [6.07, 6.45) is 3.74. The smallest absolute Gasteiger partial charge is 0.259 e. The molecule has 142 valence electrons. The molecule has 0 saturated heterocycles. The fourth-order valence-corrected chi connectivity index (χ4v) is 3.22. The van der Waals surface area contributed by atoms with Crippen molar-refractivity contribution in [1.29, 1.82) is 0 Å². The molecule has 28 heavy (non-hydrogen) atoms. The van der Waals surface area contributed by atoms with Crippen molar-refractivity contribution in [2.75, 3.05) is 10.6 Å².